The number of phenols is 1. The molecule has 0 unspecified atom stereocenters. The highest BCUT2D eigenvalue weighted by molar-refractivity contribution is 9.10. The van der Waals surface area contributed by atoms with Crippen LogP contribution in [0.2, 0.25) is 0 Å². The quantitative estimate of drug-likeness (QED) is 0.447. The van der Waals surface area contributed by atoms with E-state index in [4.69, 9.17) is 15.2 Å². The first-order valence-electron chi connectivity index (χ1n) is 7.87. The second-order valence-corrected chi connectivity index (χ2v) is 7.39. The number of hydrogen-bond acceptors (Lipinski definition) is 3. The van der Waals surface area contributed by atoms with E-state index in [1.807, 2.05) is 31.2 Å². The zero-order chi connectivity index (χ0) is 19.5. The largest absolute Gasteiger partial charge is 0.508 e. The molecule has 3 N–H and O–H groups in total. The van der Waals surface area contributed by atoms with E-state index < -0.39 is 7.12 Å². The SMILES string of the molecule is Cc1ccc(B(O)O)cc1.Cc1ccc(Br)cc1.Oc1ccc(Br)cc1. The third-order valence-corrected chi connectivity index (χ3v) is 4.27. The summed E-state index contributed by atoms with van der Waals surface area (Å²) in [6, 6.07) is 22.1. The Balaban J connectivity index is 0.000000197. The fraction of sp³-hybridized carbons (Fsp3) is 0.100. The zero-order valence-corrected chi connectivity index (χ0v) is 17.8. The maximum Gasteiger partial charge on any atom is 0.488 e. The molecule has 136 valence electrons. The fourth-order valence-corrected chi connectivity index (χ4v) is 2.24. The summed E-state index contributed by atoms with van der Waals surface area (Å²) in [6.07, 6.45) is 0. The van der Waals surface area contributed by atoms with Crippen LogP contribution in [-0.2, 0) is 0 Å². The lowest BCUT2D eigenvalue weighted by molar-refractivity contribution is 0.426. The first kappa shape index (κ1) is 22.4. The number of halogens is 2. The van der Waals surface area contributed by atoms with E-state index in [9.17, 15) is 0 Å². The van der Waals surface area contributed by atoms with Crippen LogP contribution in [0.5, 0.6) is 5.75 Å². The Labute approximate surface area is 171 Å². The van der Waals surface area contributed by atoms with Gasteiger partial charge in [0.05, 0.1) is 0 Å². The van der Waals surface area contributed by atoms with Crippen LogP contribution in [0.15, 0.2) is 81.7 Å². The molecule has 6 heteroatoms. The zero-order valence-electron chi connectivity index (χ0n) is 14.6. The minimum absolute atomic E-state index is 0.299. The third-order valence-electron chi connectivity index (χ3n) is 3.21. The Hall–Kier alpha value is -1.60. The smallest absolute Gasteiger partial charge is 0.488 e. The Kier molecular flexibility index (Phi) is 10.3. The van der Waals surface area contributed by atoms with Crippen molar-refractivity contribution in [2.75, 3.05) is 0 Å². The van der Waals surface area contributed by atoms with E-state index in [2.05, 4.69) is 50.9 Å². The number of aryl methyl sites for hydroxylation is 2. The standard InChI is InChI=1S/C7H9BO2.C7H7Br.C6H5BrO/c1-6-2-4-7(5-3-6)8(9)10;1-6-2-4-7(8)5-3-6;7-5-1-3-6(8)4-2-5/h2-5,9-10H,1H3;2-5H,1H3;1-4,8H. The van der Waals surface area contributed by atoms with Gasteiger partial charge in [0.15, 0.2) is 0 Å². The normalized spacial score (nSPS) is 9.31. The van der Waals surface area contributed by atoms with Crippen molar-refractivity contribution in [1.29, 1.82) is 0 Å². The average Bonchev–Trinajstić information content (AvgIpc) is 2.62. The maximum atomic E-state index is 8.74. The fourth-order valence-electron chi connectivity index (χ4n) is 1.71. The molecule has 0 aromatic heterocycles. The van der Waals surface area contributed by atoms with Gasteiger partial charge in [-0.3, -0.25) is 0 Å². The average molecular weight is 480 g/mol. The van der Waals surface area contributed by atoms with Crippen LogP contribution in [0.3, 0.4) is 0 Å². The summed E-state index contributed by atoms with van der Waals surface area (Å²) in [6.45, 7) is 4.03. The van der Waals surface area contributed by atoms with Gasteiger partial charge in [-0.2, -0.15) is 0 Å². The molecule has 0 heterocycles. The van der Waals surface area contributed by atoms with Crippen molar-refractivity contribution in [3.63, 3.8) is 0 Å². The first-order chi connectivity index (χ1) is 12.3. The van der Waals surface area contributed by atoms with E-state index in [0.717, 1.165) is 14.5 Å². The molecule has 0 atom stereocenters. The molecule has 0 bridgehead atoms. The minimum atomic E-state index is -1.35. The number of phenolic OH excluding ortho intramolecular Hbond substituents is 1. The number of rotatable bonds is 1. The molecular formula is C20H21BBr2O3. The molecule has 0 aliphatic carbocycles. The van der Waals surface area contributed by atoms with E-state index in [1.54, 1.807) is 36.4 Å². The lowest BCUT2D eigenvalue weighted by Gasteiger charge is -1.97. The molecule has 3 aromatic carbocycles. The second kappa shape index (κ2) is 11.9. The summed E-state index contributed by atoms with van der Waals surface area (Å²) in [5.74, 6) is 0.299. The van der Waals surface area contributed by atoms with Crippen LogP contribution in [0.25, 0.3) is 0 Å². The predicted octanol–water partition coefficient (Wildman–Crippen LogP) is 4.59. The van der Waals surface area contributed by atoms with Crippen LogP contribution in [0.4, 0.5) is 0 Å². The summed E-state index contributed by atoms with van der Waals surface area (Å²) in [4.78, 5) is 0. The molecule has 0 fully saturated rings. The van der Waals surface area contributed by atoms with Gasteiger partial charge in [0, 0.05) is 8.95 Å². The third kappa shape index (κ3) is 9.78. The van der Waals surface area contributed by atoms with Gasteiger partial charge in [0.1, 0.15) is 5.75 Å². The van der Waals surface area contributed by atoms with Crippen LogP contribution in [0, 0.1) is 13.8 Å². The van der Waals surface area contributed by atoms with Gasteiger partial charge >= 0.3 is 7.12 Å². The summed E-state index contributed by atoms with van der Waals surface area (Å²) >= 11 is 6.58. The first-order valence-corrected chi connectivity index (χ1v) is 9.46. The summed E-state index contributed by atoms with van der Waals surface area (Å²) in [5.41, 5.74) is 2.95. The monoisotopic (exact) mass is 478 g/mol. The van der Waals surface area contributed by atoms with Crippen LogP contribution < -0.4 is 5.46 Å². The Morgan fingerprint density at radius 2 is 0.962 bits per heavy atom. The lowest BCUT2D eigenvalue weighted by atomic mass is 9.80. The van der Waals surface area contributed by atoms with E-state index in [0.29, 0.717) is 11.2 Å². The van der Waals surface area contributed by atoms with Gasteiger partial charge in [-0.25, -0.2) is 0 Å². The maximum absolute atomic E-state index is 8.74. The van der Waals surface area contributed by atoms with Gasteiger partial charge in [-0.05, 0) is 55.7 Å². The molecule has 0 spiro atoms. The minimum Gasteiger partial charge on any atom is -0.508 e. The molecule has 26 heavy (non-hydrogen) atoms. The van der Waals surface area contributed by atoms with Crippen LogP contribution >= 0.6 is 31.9 Å². The van der Waals surface area contributed by atoms with Gasteiger partial charge in [-0.15, -0.1) is 0 Å². The van der Waals surface area contributed by atoms with Crippen molar-refractivity contribution < 1.29 is 15.2 Å². The molecule has 3 nitrogen and oxygen atoms in total. The number of benzene rings is 3. The highest BCUT2D eigenvalue weighted by atomic mass is 79.9. The van der Waals surface area contributed by atoms with Crippen LogP contribution in [0.1, 0.15) is 11.1 Å². The molecule has 0 saturated carbocycles. The molecular weight excluding hydrogens is 459 g/mol. The lowest BCUT2D eigenvalue weighted by Crippen LogP contribution is -2.29. The Bertz CT molecular complexity index is 673. The summed E-state index contributed by atoms with van der Waals surface area (Å²) < 4.78 is 2.12. The Morgan fingerprint density at radius 3 is 1.27 bits per heavy atom. The molecule has 0 amide bonds. The van der Waals surface area contributed by atoms with Crippen molar-refractivity contribution in [2.45, 2.75) is 13.8 Å². The van der Waals surface area contributed by atoms with Crippen molar-refractivity contribution in [3.8, 4) is 5.75 Å². The molecule has 3 aromatic rings. The van der Waals surface area contributed by atoms with Crippen LogP contribution in [-0.4, -0.2) is 22.3 Å². The summed E-state index contributed by atoms with van der Waals surface area (Å²) in [7, 11) is -1.35. The molecule has 0 saturated heterocycles. The molecule has 0 aliphatic heterocycles. The highest BCUT2D eigenvalue weighted by Crippen LogP contribution is 2.13. The van der Waals surface area contributed by atoms with Gasteiger partial charge in [0.2, 0.25) is 0 Å². The topological polar surface area (TPSA) is 60.7 Å². The highest BCUT2D eigenvalue weighted by Gasteiger charge is 2.08. The Morgan fingerprint density at radius 1 is 0.615 bits per heavy atom. The van der Waals surface area contributed by atoms with Gasteiger partial charge < -0.3 is 15.2 Å². The van der Waals surface area contributed by atoms with Gasteiger partial charge in [-0.1, -0.05) is 79.4 Å². The number of hydrogen-bond donors (Lipinski definition) is 3. The molecule has 0 aliphatic rings. The van der Waals surface area contributed by atoms with E-state index in [-0.39, 0.29) is 0 Å². The predicted molar refractivity (Wildman–Crippen MR) is 116 cm³/mol. The van der Waals surface area contributed by atoms with Crippen molar-refractivity contribution in [3.05, 3.63) is 92.9 Å². The molecule has 3 rings (SSSR count). The molecule has 0 radical (unpaired) electrons. The van der Waals surface area contributed by atoms with Crippen molar-refractivity contribution >= 4 is 44.4 Å². The van der Waals surface area contributed by atoms with E-state index in [1.165, 1.54) is 5.56 Å². The summed E-state index contributed by atoms with van der Waals surface area (Å²) in [5, 5.41) is 26.1. The number of aromatic hydroxyl groups is 1. The van der Waals surface area contributed by atoms with E-state index >= 15 is 0 Å². The second-order valence-electron chi connectivity index (χ2n) is 5.56. The van der Waals surface area contributed by atoms with Crippen molar-refractivity contribution in [2.24, 2.45) is 0 Å². The van der Waals surface area contributed by atoms with Crippen molar-refractivity contribution in [1.82, 2.24) is 0 Å². The van der Waals surface area contributed by atoms with Gasteiger partial charge in [0.25, 0.3) is 0 Å².